The van der Waals surface area contributed by atoms with Crippen molar-refractivity contribution in [3.63, 3.8) is 0 Å². The van der Waals surface area contributed by atoms with E-state index in [0.717, 1.165) is 22.8 Å². The Morgan fingerprint density at radius 2 is 1.65 bits per heavy atom. The number of likely N-dealkylation sites (tertiary alicyclic amines) is 1. The second kappa shape index (κ2) is 14.0. The molecule has 1 fully saturated rings. The summed E-state index contributed by atoms with van der Waals surface area (Å²) in [5.74, 6) is 0. The molecule has 1 saturated heterocycles. The largest absolute Gasteiger partial charge is 0.444 e. The molecule has 0 radical (unpaired) electrons. The van der Waals surface area contributed by atoms with Gasteiger partial charge in [0.25, 0.3) is 5.56 Å². The quantitative estimate of drug-likeness (QED) is 0.201. The number of aryl methyl sites for hydroxylation is 2. The van der Waals surface area contributed by atoms with Crippen molar-refractivity contribution in [2.24, 2.45) is 14.1 Å². The van der Waals surface area contributed by atoms with Crippen LogP contribution in [0.5, 0.6) is 0 Å². The first-order valence-electron chi connectivity index (χ1n) is 16.7. The summed E-state index contributed by atoms with van der Waals surface area (Å²) in [6.45, 7) is 7.29. The van der Waals surface area contributed by atoms with Crippen molar-refractivity contribution in [2.75, 3.05) is 13.1 Å². The minimum absolute atomic E-state index is 0.0495. The second-order valence-electron chi connectivity index (χ2n) is 14.2. The van der Waals surface area contributed by atoms with Crippen LogP contribution in [-0.4, -0.2) is 69.5 Å². The number of alkyl halides is 3. The number of fused-ring (bicyclic) bond motifs is 1. The molecular weight excluding hydrogens is 701 g/mol. The first-order valence-corrected chi connectivity index (χ1v) is 17.1. The van der Waals surface area contributed by atoms with E-state index in [1.54, 1.807) is 50.7 Å². The van der Waals surface area contributed by atoms with Crippen LogP contribution in [0, 0.1) is 0 Å². The van der Waals surface area contributed by atoms with Crippen molar-refractivity contribution in [1.29, 1.82) is 0 Å². The van der Waals surface area contributed by atoms with Gasteiger partial charge in [0.15, 0.2) is 11.2 Å². The van der Waals surface area contributed by atoms with Crippen molar-refractivity contribution in [1.82, 2.24) is 39.3 Å². The van der Waals surface area contributed by atoms with Crippen LogP contribution in [0.1, 0.15) is 50.4 Å². The van der Waals surface area contributed by atoms with Gasteiger partial charge in [-0.05, 0) is 56.9 Å². The Kier molecular flexibility index (Phi) is 9.98. The molecule has 276 valence electrons. The maximum Gasteiger partial charge on any atom is 0.435 e. The maximum absolute atomic E-state index is 13.6. The normalized spacial score (nSPS) is 15.3. The van der Waals surface area contributed by atoms with E-state index in [-0.39, 0.29) is 24.2 Å². The van der Waals surface area contributed by atoms with E-state index in [9.17, 15) is 27.9 Å². The lowest BCUT2D eigenvalue weighted by Crippen LogP contribution is -2.47. The van der Waals surface area contributed by atoms with E-state index in [4.69, 9.17) is 16.3 Å². The maximum atomic E-state index is 13.6. The van der Waals surface area contributed by atoms with Gasteiger partial charge in [-0.2, -0.15) is 23.4 Å². The molecule has 2 N–H and O–H groups in total. The summed E-state index contributed by atoms with van der Waals surface area (Å²) in [5, 5.41) is 22.7. The van der Waals surface area contributed by atoms with Gasteiger partial charge in [0, 0.05) is 56.4 Å². The number of piperidine rings is 1. The number of nitrogens with one attached hydrogen (secondary N) is 1. The highest BCUT2D eigenvalue weighted by Crippen LogP contribution is 2.34. The van der Waals surface area contributed by atoms with Crippen molar-refractivity contribution < 1.29 is 27.8 Å². The first-order chi connectivity index (χ1) is 24.4. The molecule has 6 rings (SSSR count). The van der Waals surface area contributed by atoms with Crippen LogP contribution in [-0.2, 0) is 44.6 Å². The number of nitrogens with zero attached hydrogens (tertiary/aromatic N) is 7. The van der Waals surface area contributed by atoms with E-state index in [2.05, 4.69) is 25.4 Å². The number of hydrogen-bond acceptors (Lipinski definition) is 8. The standard InChI is InChI=1S/C36H40ClF3N8O4/c1-34(2,3)52-33(50)41-18-22-6-8-23(9-7-22)31-29-30(44-46(31)5)32(49)48(21-42-29)20-35(51)12-14-47(15-13-35)19-25-11-10-24(16-26(25)37)27-17-28(36(38,39)40)43-45(27)4/h6-11,16-17,21,51H,12-15,18-20H2,1-5H3,(H,41,50). The third kappa shape index (κ3) is 8.16. The van der Waals surface area contributed by atoms with Crippen molar-refractivity contribution in [3.05, 3.63) is 87.1 Å². The van der Waals surface area contributed by atoms with E-state index >= 15 is 0 Å². The van der Waals surface area contributed by atoms with E-state index in [1.807, 2.05) is 24.3 Å². The Labute approximate surface area is 302 Å². The Morgan fingerprint density at radius 3 is 2.27 bits per heavy atom. The van der Waals surface area contributed by atoms with Gasteiger partial charge in [0.05, 0.1) is 29.9 Å². The second-order valence-corrected chi connectivity index (χ2v) is 14.6. The number of ether oxygens (including phenoxy) is 1. The molecule has 16 heteroatoms. The summed E-state index contributed by atoms with van der Waals surface area (Å²) in [4.78, 5) is 32.3. The third-order valence-electron chi connectivity index (χ3n) is 9.04. The predicted molar refractivity (Wildman–Crippen MR) is 189 cm³/mol. The molecule has 0 atom stereocenters. The van der Waals surface area contributed by atoms with Crippen LogP contribution in [0.15, 0.2) is 59.7 Å². The number of aliphatic hydroxyl groups is 1. The van der Waals surface area contributed by atoms with Gasteiger partial charge in [-0.1, -0.05) is 48.0 Å². The van der Waals surface area contributed by atoms with E-state index < -0.39 is 29.2 Å². The molecule has 0 aliphatic carbocycles. The highest BCUT2D eigenvalue weighted by atomic mass is 35.5. The summed E-state index contributed by atoms with van der Waals surface area (Å²) in [6.07, 6.45) is -2.82. The predicted octanol–water partition coefficient (Wildman–Crippen LogP) is 5.92. The number of halogens is 4. The minimum Gasteiger partial charge on any atom is -0.444 e. The number of carbonyl (C=O) groups is 1. The Morgan fingerprint density at radius 1 is 0.981 bits per heavy atom. The number of benzene rings is 2. The molecule has 12 nitrogen and oxygen atoms in total. The SMILES string of the molecule is Cn1nc(C(F)(F)F)cc1-c1ccc(CN2CCC(O)(Cn3cnc4c(-c5ccc(CNC(=O)OC(C)(C)C)cc5)n(C)nc4c3=O)CC2)c(Cl)c1. The van der Waals surface area contributed by atoms with Gasteiger partial charge in [0.2, 0.25) is 0 Å². The summed E-state index contributed by atoms with van der Waals surface area (Å²) < 4.78 is 48.9. The molecule has 2 aromatic carbocycles. The zero-order valence-electron chi connectivity index (χ0n) is 29.5. The van der Waals surface area contributed by atoms with Crippen LogP contribution >= 0.6 is 11.6 Å². The Bertz CT molecular complexity index is 2160. The van der Waals surface area contributed by atoms with Crippen LogP contribution in [0.2, 0.25) is 5.02 Å². The molecule has 0 unspecified atom stereocenters. The molecule has 3 aromatic heterocycles. The molecule has 1 aliphatic heterocycles. The average Bonchev–Trinajstić information content (AvgIpc) is 3.63. The highest BCUT2D eigenvalue weighted by Gasteiger charge is 2.35. The summed E-state index contributed by atoms with van der Waals surface area (Å²) >= 11 is 6.58. The lowest BCUT2D eigenvalue weighted by atomic mass is 9.91. The molecule has 5 aromatic rings. The molecule has 0 bridgehead atoms. The fourth-order valence-electron chi connectivity index (χ4n) is 6.35. The summed E-state index contributed by atoms with van der Waals surface area (Å²) in [6, 6.07) is 13.6. The third-order valence-corrected chi connectivity index (χ3v) is 9.39. The Hall–Kier alpha value is -4.73. The van der Waals surface area contributed by atoms with Crippen molar-refractivity contribution in [2.45, 2.75) is 70.6 Å². The van der Waals surface area contributed by atoms with Crippen LogP contribution in [0.3, 0.4) is 0 Å². The zero-order chi connectivity index (χ0) is 37.6. The Balaban J connectivity index is 1.09. The van der Waals surface area contributed by atoms with Gasteiger partial charge >= 0.3 is 12.3 Å². The lowest BCUT2D eigenvalue weighted by Gasteiger charge is -2.38. The molecule has 0 saturated carbocycles. The van der Waals surface area contributed by atoms with Gasteiger partial charge < -0.3 is 15.2 Å². The molecule has 0 spiro atoms. The van der Waals surface area contributed by atoms with Gasteiger partial charge in [-0.15, -0.1) is 0 Å². The van der Waals surface area contributed by atoms with Gasteiger partial charge in [0.1, 0.15) is 11.1 Å². The number of aromatic nitrogens is 6. The number of rotatable bonds is 8. The van der Waals surface area contributed by atoms with Crippen molar-refractivity contribution in [3.8, 4) is 22.5 Å². The average molecular weight is 741 g/mol. The number of alkyl carbamates (subject to hydrolysis) is 1. The number of carbonyl (C=O) groups excluding carboxylic acids is 1. The highest BCUT2D eigenvalue weighted by molar-refractivity contribution is 6.31. The molecule has 1 amide bonds. The van der Waals surface area contributed by atoms with Gasteiger partial charge in [-0.25, -0.2) is 9.78 Å². The molecular formula is C36H40ClF3N8O4. The summed E-state index contributed by atoms with van der Waals surface area (Å²) in [7, 11) is 3.19. The fraction of sp³-hybridized carbons (Fsp3) is 0.417. The van der Waals surface area contributed by atoms with Crippen LogP contribution < -0.4 is 10.9 Å². The van der Waals surface area contributed by atoms with Gasteiger partial charge in [-0.3, -0.25) is 23.6 Å². The molecule has 1 aliphatic rings. The number of hydrogen-bond donors (Lipinski definition) is 2. The van der Waals surface area contributed by atoms with Crippen LogP contribution in [0.4, 0.5) is 18.0 Å². The zero-order valence-corrected chi connectivity index (χ0v) is 30.2. The molecule has 4 heterocycles. The topological polar surface area (TPSA) is 132 Å². The van der Waals surface area contributed by atoms with Crippen LogP contribution in [0.25, 0.3) is 33.5 Å². The smallest absolute Gasteiger partial charge is 0.435 e. The van der Waals surface area contributed by atoms with E-state index in [0.29, 0.717) is 60.0 Å². The summed E-state index contributed by atoms with van der Waals surface area (Å²) in [5.41, 5.74) is 1.51. The lowest BCUT2D eigenvalue weighted by molar-refractivity contribution is -0.141. The number of amides is 1. The fourth-order valence-corrected chi connectivity index (χ4v) is 6.59. The first kappa shape index (κ1) is 37.0. The molecule has 52 heavy (non-hydrogen) atoms. The van der Waals surface area contributed by atoms with Crippen molar-refractivity contribution >= 4 is 28.7 Å². The monoisotopic (exact) mass is 740 g/mol. The van der Waals surface area contributed by atoms with E-state index in [1.165, 1.54) is 22.6 Å². The minimum atomic E-state index is -4.55.